The molecular formula is C22H22BrN3O3S. The van der Waals surface area contributed by atoms with Crippen LogP contribution in [0.4, 0.5) is 11.4 Å². The number of carbonyl (C=O) groups excluding carboxylic acids is 2. The molecule has 0 aromatic heterocycles. The molecule has 1 atom stereocenters. The summed E-state index contributed by atoms with van der Waals surface area (Å²) in [7, 11) is 0. The maximum atomic E-state index is 12.9. The van der Waals surface area contributed by atoms with E-state index >= 15 is 0 Å². The zero-order valence-electron chi connectivity index (χ0n) is 16.5. The molecule has 2 aromatic rings. The lowest BCUT2D eigenvalue weighted by atomic mass is 10.2. The molecule has 30 heavy (non-hydrogen) atoms. The minimum Gasteiger partial charge on any atom is -0.494 e. The van der Waals surface area contributed by atoms with Crippen LogP contribution in [0.3, 0.4) is 0 Å². The number of aliphatic imine (C=N–C) groups is 1. The zero-order valence-corrected chi connectivity index (χ0v) is 18.9. The molecule has 1 fully saturated rings. The molecule has 3 rings (SSSR count). The molecule has 1 aliphatic rings. The van der Waals surface area contributed by atoms with Crippen molar-refractivity contribution < 1.29 is 14.3 Å². The van der Waals surface area contributed by atoms with Gasteiger partial charge in [-0.1, -0.05) is 30.0 Å². The van der Waals surface area contributed by atoms with Crippen LogP contribution in [-0.4, -0.2) is 40.3 Å². The normalized spacial score (nSPS) is 17.3. The Kier molecular flexibility index (Phi) is 7.70. The Morgan fingerprint density at radius 2 is 2.03 bits per heavy atom. The lowest BCUT2D eigenvalue weighted by Crippen LogP contribution is -2.33. The highest BCUT2D eigenvalue weighted by molar-refractivity contribution is 9.10. The third-order valence-corrected chi connectivity index (χ3v) is 6.09. The molecule has 0 unspecified atom stereocenters. The molecule has 2 amide bonds. The molecule has 1 aliphatic heterocycles. The molecule has 0 bridgehead atoms. The number of nitrogens with one attached hydrogen (secondary N) is 1. The molecule has 1 heterocycles. The van der Waals surface area contributed by atoms with Gasteiger partial charge in [-0.05, 0) is 59.3 Å². The number of carbonyl (C=O) groups is 2. The molecule has 1 N–H and O–H groups in total. The number of nitrogens with zero attached hydrogens (tertiary/aromatic N) is 2. The number of halogens is 1. The lowest BCUT2D eigenvalue weighted by Gasteiger charge is -2.14. The Hall–Kier alpha value is -2.58. The first-order chi connectivity index (χ1) is 14.5. The van der Waals surface area contributed by atoms with Crippen LogP contribution in [0.25, 0.3) is 0 Å². The second-order valence-electron chi connectivity index (χ2n) is 6.40. The number of para-hydroxylation sites is 1. The molecular weight excluding hydrogens is 466 g/mol. The van der Waals surface area contributed by atoms with Gasteiger partial charge in [-0.15, -0.1) is 6.58 Å². The van der Waals surface area contributed by atoms with E-state index in [4.69, 9.17) is 4.74 Å². The summed E-state index contributed by atoms with van der Waals surface area (Å²) in [6, 6.07) is 14.7. The highest BCUT2D eigenvalue weighted by Crippen LogP contribution is 2.32. The van der Waals surface area contributed by atoms with Crippen molar-refractivity contribution in [2.45, 2.75) is 18.6 Å². The average Bonchev–Trinajstić information content (AvgIpc) is 3.00. The van der Waals surface area contributed by atoms with Crippen LogP contribution in [0.2, 0.25) is 0 Å². The summed E-state index contributed by atoms with van der Waals surface area (Å²) in [6.07, 6.45) is 1.70. The van der Waals surface area contributed by atoms with Crippen molar-refractivity contribution in [3.8, 4) is 5.75 Å². The van der Waals surface area contributed by atoms with E-state index < -0.39 is 5.25 Å². The van der Waals surface area contributed by atoms with Crippen LogP contribution in [0.1, 0.15) is 13.3 Å². The lowest BCUT2D eigenvalue weighted by molar-refractivity contribution is -0.127. The van der Waals surface area contributed by atoms with E-state index in [0.29, 0.717) is 29.7 Å². The van der Waals surface area contributed by atoms with Gasteiger partial charge in [0.1, 0.15) is 11.0 Å². The van der Waals surface area contributed by atoms with Crippen molar-refractivity contribution >= 4 is 56.0 Å². The van der Waals surface area contributed by atoms with E-state index in [2.05, 4.69) is 32.8 Å². The largest absolute Gasteiger partial charge is 0.494 e. The number of hydrogen-bond donors (Lipinski definition) is 1. The van der Waals surface area contributed by atoms with Crippen molar-refractivity contribution in [1.29, 1.82) is 0 Å². The summed E-state index contributed by atoms with van der Waals surface area (Å²) in [5.41, 5.74) is 1.38. The fourth-order valence-corrected chi connectivity index (χ4v) is 4.40. The maximum absolute atomic E-state index is 12.9. The van der Waals surface area contributed by atoms with E-state index in [1.165, 1.54) is 11.8 Å². The Labute approximate surface area is 188 Å². The molecule has 156 valence electrons. The second kappa shape index (κ2) is 10.4. The number of benzene rings is 2. The van der Waals surface area contributed by atoms with E-state index in [9.17, 15) is 9.59 Å². The number of amidine groups is 1. The highest BCUT2D eigenvalue weighted by Gasteiger charge is 2.38. The second-order valence-corrected chi connectivity index (χ2v) is 8.42. The number of amides is 2. The van der Waals surface area contributed by atoms with Gasteiger partial charge in [0.25, 0.3) is 0 Å². The SMILES string of the molecule is C=CCN1C(=O)[C@H](CC(=O)Nc2ccccc2Br)SC1=Nc1ccc(OCC)cc1. The molecule has 8 heteroatoms. The minimum absolute atomic E-state index is 0.0563. The van der Waals surface area contributed by atoms with Gasteiger partial charge in [0, 0.05) is 17.4 Å². The van der Waals surface area contributed by atoms with Gasteiger partial charge in [-0.3, -0.25) is 14.5 Å². The van der Waals surface area contributed by atoms with Crippen LogP contribution in [0.5, 0.6) is 5.75 Å². The molecule has 2 aromatic carbocycles. The van der Waals surface area contributed by atoms with Crippen LogP contribution < -0.4 is 10.1 Å². The third-order valence-electron chi connectivity index (χ3n) is 4.22. The van der Waals surface area contributed by atoms with Gasteiger partial charge in [0.15, 0.2) is 5.17 Å². The summed E-state index contributed by atoms with van der Waals surface area (Å²) in [4.78, 5) is 31.5. The number of thioether (sulfide) groups is 1. The summed E-state index contributed by atoms with van der Waals surface area (Å²) in [6.45, 7) is 6.58. The van der Waals surface area contributed by atoms with Gasteiger partial charge in [0.2, 0.25) is 11.8 Å². The highest BCUT2D eigenvalue weighted by atomic mass is 79.9. The van der Waals surface area contributed by atoms with E-state index in [-0.39, 0.29) is 18.2 Å². The van der Waals surface area contributed by atoms with Crippen LogP contribution in [-0.2, 0) is 9.59 Å². The third kappa shape index (κ3) is 5.52. The van der Waals surface area contributed by atoms with Crippen LogP contribution in [0.15, 0.2) is 70.7 Å². The molecule has 0 radical (unpaired) electrons. The molecule has 6 nitrogen and oxygen atoms in total. The smallest absolute Gasteiger partial charge is 0.242 e. The average molecular weight is 488 g/mol. The topological polar surface area (TPSA) is 71.0 Å². The van der Waals surface area contributed by atoms with Crippen molar-refractivity contribution in [3.63, 3.8) is 0 Å². The van der Waals surface area contributed by atoms with E-state index in [1.54, 1.807) is 17.0 Å². The summed E-state index contributed by atoms with van der Waals surface area (Å²) in [5.74, 6) is 0.390. The first-order valence-corrected chi connectivity index (χ1v) is 11.1. The standard InChI is InChI=1S/C22H22BrN3O3S/c1-3-13-26-21(28)19(14-20(27)25-18-8-6-5-7-17(18)23)30-22(26)24-15-9-11-16(12-10-15)29-4-2/h3,5-12,19H,1,4,13-14H2,2H3,(H,25,27)/t19-/m0/s1. The Morgan fingerprint density at radius 1 is 1.30 bits per heavy atom. The van der Waals surface area contributed by atoms with Crippen molar-refractivity contribution in [1.82, 2.24) is 4.90 Å². The van der Waals surface area contributed by atoms with E-state index in [1.807, 2.05) is 49.4 Å². The van der Waals surface area contributed by atoms with E-state index in [0.717, 1.165) is 10.2 Å². The van der Waals surface area contributed by atoms with Crippen molar-refractivity contribution in [2.75, 3.05) is 18.5 Å². The van der Waals surface area contributed by atoms with Gasteiger partial charge in [0.05, 0.1) is 18.0 Å². The molecule has 0 spiro atoms. The van der Waals surface area contributed by atoms with Gasteiger partial charge in [-0.2, -0.15) is 0 Å². The molecule has 0 aliphatic carbocycles. The number of hydrogen-bond acceptors (Lipinski definition) is 5. The van der Waals surface area contributed by atoms with Gasteiger partial charge in [-0.25, -0.2) is 4.99 Å². The first-order valence-electron chi connectivity index (χ1n) is 9.46. The summed E-state index contributed by atoms with van der Waals surface area (Å²) < 4.78 is 6.23. The van der Waals surface area contributed by atoms with Crippen LogP contribution >= 0.6 is 27.7 Å². The van der Waals surface area contributed by atoms with Crippen molar-refractivity contribution in [2.24, 2.45) is 4.99 Å². The Morgan fingerprint density at radius 3 is 2.70 bits per heavy atom. The predicted molar refractivity (Wildman–Crippen MR) is 125 cm³/mol. The first kappa shape index (κ1) is 22.1. The number of anilines is 1. The fourth-order valence-electron chi connectivity index (χ4n) is 2.85. The Balaban J connectivity index is 1.72. The van der Waals surface area contributed by atoms with Crippen LogP contribution in [0, 0.1) is 0 Å². The molecule has 1 saturated heterocycles. The van der Waals surface area contributed by atoms with Gasteiger partial charge < -0.3 is 10.1 Å². The Bertz CT molecular complexity index is 962. The maximum Gasteiger partial charge on any atom is 0.242 e. The monoisotopic (exact) mass is 487 g/mol. The zero-order chi connectivity index (χ0) is 21.5. The summed E-state index contributed by atoms with van der Waals surface area (Å²) >= 11 is 4.70. The predicted octanol–water partition coefficient (Wildman–Crippen LogP) is 4.99. The van der Waals surface area contributed by atoms with Gasteiger partial charge >= 0.3 is 0 Å². The number of rotatable bonds is 8. The summed E-state index contributed by atoms with van der Waals surface area (Å²) in [5, 5.41) is 2.87. The quantitative estimate of drug-likeness (QED) is 0.532. The molecule has 0 saturated carbocycles. The number of ether oxygens (including phenoxy) is 1. The van der Waals surface area contributed by atoms with Crippen molar-refractivity contribution in [3.05, 3.63) is 65.7 Å². The minimum atomic E-state index is -0.533. The fraction of sp³-hybridized carbons (Fsp3) is 0.227.